The monoisotopic (exact) mass is 326 g/mol. The third-order valence-corrected chi connectivity index (χ3v) is 2.91. The third-order valence-electron chi connectivity index (χ3n) is 2.91. The van der Waals surface area contributed by atoms with Crippen molar-refractivity contribution in [2.75, 3.05) is 13.6 Å². The molecule has 1 atom stereocenters. The Morgan fingerprint density at radius 2 is 1.86 bits per heavy atom. The second kappa shape index (κ2) is 8.09. The number of carbonyl (C=O) groups is 1. The number of halogens is 4. The quantitative estimate of drug-likeness (QED) is 0.903. The highest BCUT2D eigenvalue weighted by molar-refractivity contribution is 5.85. The molecule has 1 unspecified atom stereocenters. The van der Waals surface area contributed by atoms with Crippen molar-refractivity contribution >= 4 is 18.3 Å². The smallest absolute Gasteiger partial charge is 0.406 e. The van der Waals surface area contributed by atoms with Gasteiger partial charge in [-0.25, -0.2) is 0 Å². The second-order valence-electron chi connectivity index (χ2n) is 4.46. The van der Waals surface area contributed by atoms with Crippen LogP contribution in [0, 0.1) is 0 Å². The van der Waals surface area contributed by atoms with Crippen LogP contribution in [0.2, 0.25) is 0 Å². The van der Waals surface area contributed by atoms with Crippen LogP contribution in [-0.4, -0.2) is 36.8 Å². The van der Waals surface area contributed by atoms with E-state index in [9.17, 15) is 18.0 Å². The summed E-state index contributed by atoms with van der Waals surface area (Å²) in [6.07, 6.45) is -4.61. The van der Waals surface area contributed by atoms with Crippen molar-refractivity contribution in [2.45, 2.75) is 25.7 Å². The normalized spacial score (nSPS) is 12.3. The van der Waals surface area contributed by atoms with Gasteiger partial charge in [0.2, 0.25) is 5.91 Å². The van der Waals surface area contributed by atoms with Gasteiger partial charge >= 0.3 is 6.36 Å². The van der Waals surface area contributed by atoms with E-state index in [1.807, 2.05) is 6.92 Å². The molecule has 0 spiro atoms. The van der Waals surface area contributed by atoms with Gasteiger partial charge in [-0.3, -0.25) is 4.79 Å². The third kappa shape index (κ3) is 6.68. The molecule has 0 aliphatic rings. The topological polar surface area (TPSA) is 55.6 Å². The van der Waals surface area contributed by atoms with Gasteiger partial charge < -0.3 is 15.4 Å². The van der Waals surface area contributed by atoms with Crippen molar-refractivity contribution in [2.24, 2.45) is 5.73 Å². The Balaban J connectivity index is 0.00000400. The molecule has 0 fully saturated rings. The van der Waals surface area contributed by atoms with Crippen molar-refractivity contribution in [3.63, 3.8) is 0 Å². The standard InChI is InChI=1S/C13H17F3N2O2.ClH/c1-9(8-17)18(2)12(19)7-10-3-5-11(6-4-10)20-13(14,15)16;/h3-6,9H,7-8,17H2,1-2H3;1H. The van der Waals surface area contributed by atoms with Crippen molar-refractivity contribution < 1.29 is 22.7 Å². The van der Waals surface area contributed by atoms with Crippen LogP contribution < -0.4 is 10.5 Å². The molecule has 0 radical (unpaired) electrons. The van der Waals surface area contributed by atoms with Gasteiger partial charge in [0.25, 0.3) is 0 Å². The number of ether oxygens (including phenoxy) is 1. The molecule has 120 valence electrons. The molecule has 1 aromatic rings. The lowest BCUT2D eigenvalue weighted by Crippen LogP contribution is -2.40. The maximum absolute atomic E-state index is 12.0. The van der Waals surface area contributed by atoms with E-state index in [-0.39, 0.29) is 36.5 Å². The molecule has 2 N–H and O–H groups in total. The highest BCUT2D eigenvalue weighted by Gasteiger charge is 2.31. The van der Waals surface area contributed by atoms with E-state index in [4.69, 9.17) is 5.73 Å². The zero-order valence-electron chi connectivity index (χ0n) is 11.7. The molecule has 4 nitrogen and oxygen atoms in total. The number of nitrogens with two attached hydrogens (primary N) is 1. The number of nitrogens with zero attached hydrogens (tertiary/aromatic N) is 1. The summed E-state index contributed by atoms with van der Waals surface area (Å²) < 4.78 is 39.7. The summed E-state index contributed by atoms with van der Waals surface area (Å²) in [6.45, 7) is 2.17. The SMILES string of the molecule is CC(CN)N(C)C(=O)Cc1ccc(OC(F)(F)F)cc1.Cl. The molecule has 8 heteroatoms. The Morgan fingerprint density at radius 3 is 2.29 bits per heavy atom. The first-order valence-corrected chi connectivity index (χ1v) is 6.03. The summed E-state index contributed by atoms with van der Waals surface area (Å²) in [5.74, 6) is -0.454. The van der Waals surface area contributed by atoms with Gasteiger partial charge in [-0.05, 0) is 24.6 Å². The minimum Gasteiger partial charge on any atom is -0.406 e. The highest BCUT2D eigenvalue weighted by atomic mass is 35.5. The van der Waals surface area contributed by atoms with Crippen LogP contribution in [0.1, 0.15) is 12.5 Å². The maximum Gasteiger partial charge on any atom is 0.573 e. The molecule has 0 aromatic heterocycles. The summed E-state index contributed by atoms with van der Waals surface area (Å²) in [5.41, 5.74) is 6.08. The molecule has 0 aliphatic carbocycles. The van der Waals surface area contributed by atoms with Gasteiger partial charge in [0.05, 0.1) is 6.42 Å². The number of alkyl halides is 3. The molecule has 0 saturated carbocycles. The number of likely N-dealkylation sites (N-methyl/N-ethyl adjacent to an activating group) is 1. The average molecular weight is 327 g/mol. The van der Waals surface area contributed by atoms with E-state index in [0.717, 1.165) is 0 Å². The molecule has 0 bridgehead atoms. The van der Waals surface area contributed by atoms with E-state index in [0.29, 0.717) is 12.1 Å². The van der Waals surface area contributed by atoms with Gasteiger partial charge in [0.15, 0.2) is 0 Å². The van der Waals surface area contributed by atoms with Crippen molar-refractivity contribution in [3.8, 4) is 5.75 Å². The summed E-state index contributed by atoms with van der Waals surface area (Å²) >= 11 is 0. The molecule has 0 saturated heterocycles. The summed E-state index contributed by atoms with van der Waals surface area (Å²) in [7, 11) is 1.64. The van der Waals surface area contributed by atoms with Crippen LogP contribution in [0.5, 0.6) is 5.75 Å². The van der Waals surface area contributed by atoms with Crippen LogP contribution in [-0.2, 0) is 11.2 Å². The molecular formula is C13H18ClF3N2O2. The zero-order valence-corrected chi connectivity index (χ0v) is 12.5. The largest absolute Gasteiger partial charge is 0.573 e. The van der Waals surface area contributed by atoms with Crippen molar-refractivity contribution in [1.82, 2.24) is 4.90 Å². The Hall–Kier alpha value is -1.47. The Morgan fingerprint density at radius 1 is 1.33 bits per heavy atom. The summed E-state index contributed by atoms with van der Waals surface area (Å²) in [4.78, 5) is 13.4. The van der Waals surface area contributed by atoms with Crippen LogP contribution >= 0.6 is 12.4 Å². The van der Waals surface area contributed by atoms with E-state index >= 15 is 0 Å². The molecule has 0 heterocycles. The Bertz CT molecular complexity index is 452. The lowest BCUT2D eigenvalue weighted by Gasteiger charge is -2.23. The number of hydrogen-bond donors (Lipinski definition) is 1. The number of benzene rings is 1. The minimum absolute atomic E-state index is 0. The molecule has 1 rings (SSSR count). The zero-order chi connectivity index (χ0) is 15.3. The average Bonchev–Trinajstić information content (AvgIpc) is 2.37. The number of rotatable bonds is 5. The van der Waals surface area contributed by atoms with Crippen LogP contribution in [0.4, 0.5) is 13.2 Å². The van der Waals surface area contributed by atoms with Gasteiger partial charge in [-0.15, -0.1) is 25.6 Å². The second-order valence-corrected chi connectivity index (χ2v) is 4.46. The summed E-state index contributed by atoms with van der Waals surface area (Å²) in [6, 6.07) is 5.14. The number of amides is 1. The first kappa shape index (κ1) is 19.5. The first-order valence-electron chi connectivity index (χ1n) is 6.03. The van der Waals surface area contributed by atoms with E-state index in [1.54, 1.807) is 7.05 Å². The van der Waals surface area contributed by atoms with E-state index < -0.39 is 6.36 Å². The van der Waals surface area contributed by atoms with Crippen LogP contribution in [0.15, 0.2) is 24.3 Å². The molecular weight excluding hydrogens is 309 g/mol. The fraction of sp³-hybridized carbons (Fsp3) is 0.462. The van der Waals surface area contributed by atoms with E-state index in [2.05, 4.69) is 4.74 Å². The van der Waals surface area contributed by atoms with Crippen molar-refractivity contribution in [3.05, 3.63) is 29.8 Å². The number of hydrogen-bond acceptors (Lipinski definition) is 3. The lowest BCUT2D eigenvalue weighted by atomic mass is 10.1. The predicted octanol–water partition coefficient (Wildman–Crippen LogP) is 2.36. The number of carbonyl (C=O) groups excluding carboxylic acids is 1. The van der Waals surface area contributed by atoms with Gasteiger partial charge in [-0.1, -0.05) is 12.1 Å². The molecule has 1 aromatic carbocycles. The molecule has 1 amide bonds. The van der Waals surface area contributed by atoms with Crippen LogP contribution in [0.25, 0.3) is 0 Å². The van der Waals surface area contributed by atoms with Crippen molar-refractivity contribution in [1.29, 1.82) is 0 Å². The fourth-order valence-corrected chi connectivity index (χ4v) is 1.51. The summed E-state index contributed by atoms with van der Waals surface area (Å²) in [5, 5.41) is 0. The Labute approximate surface area is 127 Å². The minimum atomic E-state index is -4.71. The lowest BCUT2D eigenvalue weighted by molar-refractivity contribution is -0.274. The van der Waals surface area contributed by atoms with Crippen LogP contribution in [0.3, 0.4) is 0 Å². The fourth-order valence-electron chi connectivity index (χ4n) is 1.51. The van der Waals surface area contributed by atoms with E-state index in [1.165, 1.54) is 29.2 Å². The molecule has 21 heavy (non-hydrogen) atoms. The maximum atomic E-state index is 12.0. The van der Waals surface area contributed by atoms with Gasteiger partial charge in [0.1, 0.15) is 5.75 Å². The predicted molar refractivity (Wildman–Crippen MR) is 75.4 cm³/mol. The molecule has 0 aliphatic heterocycles. The van der Waals surface area contributed by atoms with Gasteiger partial charge in [-0.2, -0.15) is 0 Å². The highest BCUT2D eigenvalue weighted by Crippen LogP contribution is 2.22. The Kier molecular flexibility index (Phi) is 7.52. The van der Waals surface area contributed by atoms with Gasteiger partial charge in [0, 0.05) is 19.6 Å². The first-order chi connectivity index (χ1) is 9.23.